The zero-order valence-electron chi connectivity index (χ0n) is 14.7. The van der Waals surface area contributed by atoms with Crippen LogP contribution in [0.1, 0.15) is 43.2 Å². The number of carbonyl (C=O) groups is 2. The van der Waals surface area contributed by atoms with Crippen LogP contribution in [0.25, 0.3) is 0 Å². The number of rotatable bonds is 5. The summed E-state index contributed by atoms with van der Waals surface area (Å²) in [4.78, 5) is 25.4. The van der Waals surface area contributed by atoms with Gasteiger partial charge in [0.2, 0.25) is 0 Å². The summed E-state index contributed by atoms with van der Waals surface area (Å²) in [6.45, 7) is 4.33. The minimum atomic E-state index is -0.716. The van der Waals surface area contributed by atoms with E-state index in [4.69, 9.17) is 4.74 Å². The lowest BCUT2D eigenvalue weighted by Gasteiger charge is -2.24. The molecule has 0 unspecified atom stereocenters. The first-order valence-electron chi connectivity index (χ1n) is 8.87. The zero-order chi connectivity index (χ0) is 17.8. The number of ether oxygens (including phenoxy) is 1. The summed E-state index contributed by atoms with van der Waals surface area (Å²) in [6, 6.07) is 19.9. The molecule has 1 aliphatic carbocycles. The van der Waals surface area contributed by atoms with Crippen molar-refractivity contribution < 1.29 is 14.3 Å². The molecule has 3 rings (SSSR count). The normalized spacial score (nSPS) is 23.0. The molecule has 0 saturated heterocycles. The van der Waals surface area contributed by atoms with E-state index in [2.05, 4.69) is 0 Å². The Morgan fingerprint density at radius 3 is 2.12 bits per heavy atom. The average molecular weight is 336 g/mol. The molecule has 3 nitrogen and oxygen atoms in total. The third-order valence-corrected chi connectivity index (χ3v) is 4.79. The van der Waals surface area contributed by atoms with Crippen LogP contribution in [0.4, 0.5) is 0 Å². The quantitative estimate of drug-likeness (QED) is 0.602. The van der Waals surface area contributed by atoms with Crippen LogP contribution in [0.2, 0.25) is 0 Å². The van der Waals surface area contributed by atoms with Crippen LogP contribution in [-0.4, -0.2) is 18.4 Å². The van der Waals surface area contributed by atoms with E-state index in [1.54, 1.807) is 0 Å². The van der Waals surface area contributed by atoms with Crippen LogP contribution < -0.4 is 0 Å². The first-order valence-corrected chi connectivity index (χ1v) is 8.87. The Kier molecular flexibility index (Phi) is 5.32. The topological polar surface area (TPSA) is 43.4 Å². The van der Waals surface area contributed by atoms with Crippen LogP contribution in [0.3, 0.4) is 0 Å². The van der Waals surface area contributed by atoms with Crippen molar-refractivity contribution in [2.45, 2.75) is 32.1 Å². The maximum atomic E-state index is 12.7. The van der Waals surface area contributed by atoms with E-state index in [-0.39, 0.29) is 29.5 Å². The predicted octanol–water partition coefficient (Wildman–Crippen LogP) is 4.34. The SMILES string of the molecule is CC(C)COC(=O)[C@H]1C(=O)C[C@@H](c2ccccc2)[C@@H]1c1ccccc1. The predicted molar refractivity (Wildman–Crippen MR) is 97.3 cm³/mol. The fraction of sp³-hybridized carbons (Fsp3) is 0.364. The van der Waals surface area contributed by atoms with Crippen molar-refractivity contribution in [2.24, 2.45) is 11.8 Å². The zero-order valence-corrected chi connectivity index (χ0v) is 14.7. The Hall–Kier alpha value is -2.42. The lowest BCUT2D eigenvalue weighted by molar-refractivity contribution is -0.152. The largest absolute Gasteiger partial charge is 0.465 e. The minimum Gasteiger partial charge on any atom is -0.465 e. The molecule has 3 heteroatoms. The molecule has 0 radical (unpaired) electrons. The Labute approximate surface area is 149 Å². The van der Waals surface area contributed by atoms with Crippen molar-refractivity contribution in [1.82, 2.24) is 0 Å². The van der Waals surface area contributed by atoms with Crippen molar-refractivity contribution in [2.75, 3.05) is 6.61 Å². The molecule has 0 bridgehead atoms. The van der Waals surface area contributed by atoms with Gasteiger partial charge in [-0.3, -0.25) is 9.59 Å². The lowest BCUT2D eigenvalue weighted by Crippen LogP contribution is -2.28. The van der Waals surface area contributed by atoms with Gasteiger partial charge in [0.1, 0.15) is 11.7 Å². The van der Waals surface area contributed by atoms with Gasteiger partial charge in [0.05, 0.1) is 6.61 Å². The monoisotopic (exact) mass is 336 g/mol. The summed E-state index contributed by atoms with van der Waals surface area (Å²) < 4.78 is 5.43. The highest BCUT2D eigenvalue weighted by Crippen LogP contribution is 2.48. The summed E-state index contributed by atoms with van der Waals surface area (Å²) in [5.41, 5.74) is 2.12. The van der Waals surface area contributed by atoms with Gasteiger partial charge in [0, 0.05) is 12.3 Å². The number of Topliss-reactive ketones (excluding diaryl/α,β-unsaturated/α-hetero) is 1. The van der Waals surface area contributed by atoms with Gasteiger partial charge in [-0.2, -0.15) is 0 Å². The van der Waals surface area contributed by atoms with Crippen molar-refractivity contribution >= 4 is 11.8 Å². The lowest BCUT2D eigenvalue weighted by atomic mass is 9.80. The number of ketones is 1. The molecule has 25 heavy (non-hydrogen) atoms. The van der Waals surface area contributed by atoms with E-state index in [0.29, 0.717) is 13.0 Å². The van der Waals surface area contributed by atoms with E-state index < -0.39 is 5.92 Å². The van der Waals surface area contributed by atoms with E-state index >= 15 is 0 Å². The van der Waals surface area contributed by atoms with Crippen molar-refractivity contribution in [3.05, 3.63) is 71.8 Å². The highest BCUT2D eigenvalue weighted by molar-refractivity contribution is 6.02. The number of esters is 1. The van der Waals surface area contributed by atoms with Crippen molar-refractivity contribution in [3.8, 4) is 0 Å². The molecule has 1 aliphatic rings. The summed E-state index contributed by atoms with van der Waals surface area (Å²) in [5.74, 6) is -1.03. The molecule has 130 valence electrons. The van der Waals surface area contributed by atoms with Gasteiger partial charge in [-0.1, -0.05) is 74.5 Å². The van der Waals surface area contributed by atoms with Crippen LogP contribution in [0, 0.1) is 11.8 Å². The van der Waals surface area contributed by atoms with Crippen molar-refractivity contribution in [3.63, 3.8) is 0 Å². The number of benzene rings is 2. The molecule has 0 aliphatic heterocycles. The minimum absolute atomic E-state index is 0.00713. The molecule has 0 N–H and O–H groups in total. The van der Waals surface area contributed by atoms with E-state index in [1.807, 2.05) is 74.5 Å². The second kappa shape index (κ2) is 7.64. The van der Waals surface area contributed by atoms with E-state index in [1.165, 1.54) is 0 Å². The molecule has 1 saturated carbocycles. The molecule has 1 fully saturated rings. The van der Waals surface area contributed by atoms with Gasteiger partial charge in [-0.15, -0.1) is 0 Å². The fourth-order valence-electron chi connectivity index (χ4n) is 3.65. The van der Waals surface area contributed by atoms with E-state index in [0.717, 1.165) is 11.1 Å². The van der Waals surface area contributed by atoms with Crippen molar-refractivity contribution in [1.29, 1.82) is 0 Å². The molecule has 0 amide bonds. The van der Waals surface area contributed by atoms with E-state index in [9.17, 15) is 9.59 Å². The van der Waals surface area contributed by atoms with Crippen LogP contribution in [-0.2, 0) is 14.3 Å². The van der Waals surface area contributed by atoms with Gasteiger partial charge in [-0.25, -0.2) is 0 Å². The third-order valence-electron chi connectivity index (χ3n) is 4.79. The number of carbonyl (C=O) groups excluding carboxylic acids is 2. The highest BCUT2D eigenvalue weighted by atomic mass is 16.5. The number of hydrogen-bond donors (Lipinski definition) is 0. The highest BCUT2D eigenvalue weighted by Gasteiger charge is 2.48. The molecule has 0 spiro atoms. The van der Waals surface area contributed by atoms with Gasteiger partial charge >= 0.3 is 5.97 Å². The second-order valence-electron chi connectivity index (χ2n) is 7.13. The number of hydrogen-bond acceptors (Lipinski definition) is 3. The smallest absolute Gasteiger partial charge is 0.317 e. The first kappa shape index (κ1) is 17.4. The van der Waals surface area contributed by atoms with Gasteiger partial charge in [-0.05, 0) is 23.0 Å². The Balaban J connectivity index is 1.95. The molecular weight excluding hydrogens is 312 g/mol. The van der Waals surface area contributed by atoms with Gasteiger partial charge in [0.15, 0.2) is 0 Å². The molecule has 2 aromatic rings. The van der Waals surface area contributed by atoms with Crippen LogP contribution in [0.5, 0.6) is 0 Å². The van der Waals surface area contributed by atoms with Crippen LogP contribution >= 0.6 is 0 Å². The maximum Gasteiger partial charge on any atom is 0.317 e. The molecule has 2 aromatic carbocycles. The average Bonchev–Trinajstić information content (AvgIpc) is 2.98. The van der Waals surface area contributed by atoms with Gasteiger partial charge in [0.25, 0.3) is 0 Å². The fourth-order valence-corrected chi connectivity index (χ4v) is 3.65. The molecule has 3 atom stereocenters. The summed E-state index contributed by atoms with van der Waals surface area (Å²) >= 11 is 0. The summed E-state index contributed by atoms with van der Waals surface area (Å²) in [6.07, 6.45) is 0.380. The summed E-state index contributed by atoms with van der Waals surface area (Å²) in [5, 5.41) is 0. The van der Waals surface area contributed by atoms with Gasteiger partial charge < -0.3 is 4.74 Å². The maximum absolute atomic E-state index is 12.7. The third kappa shape index (κ3) is 3.81. The van der Waals surface area contributed by atoms with Crippen LogP contribution in [0.15, 0.2) is 60.7 Å². The molecule has 0 aromatic heterocycles. The Bertz CT molecular complexity index is 721. The molecule has 0 heterocycles. The standard InChI is InChI=1S/C22H24O3/c1-15(2)14-25-22(24)21-19(23)13-18(16-9-5-3-6-10-16)20(21)17-11-7-4-8-12-17/h3-12,15,18,20-21H,13-14H2,1-2H3/t18-,20-,21-/m0/s1. The molecular formula is C22H24O3. The first-order chi connectivity index (χ1) is 12.1. The Morgan fingerprint density at radius 1 is 1.00 bits per heavy atom. The Morgan fingerprint density at radius 2 is 1.56 bits per heavy atom. The summed E-state index contributed by atoms with van der Waals surface area (Å²) in [7, 11) is 0. The second-order valence-corrected chi connectivity index (χ2v) is 7.13.